The number of nitrogens with two attached hydrogens (primary N) is 1. The van der Waals surface area contributed by atoms with Gasteiger partial charge in [0.2, 0.25) is 0 Å². The number of likely N-dealkylation sites (tertiary alicyclic amines) is 1. The summed E-state index contributed by atoms with van der Waals surface area (Å²) in [6.45, 7) is 2.92. The van der Waals surface area contributed by atoms with Gasteiger partial charge in [-0.2, -0.15) is 0 Å². The van der Waals surface area contributed by atoms with Crippen molar-refractivity contribution in [2.75, 3.05) is 37.3 Å². The molecule has 146 valence electrons. The second-order valence-electron chi connectivity index (χ2n) is 7.24. The molecule has 0 radical (unpaired) electrons. The zero-order valence-corrected chi connectivity index (χ0v) is 17.0. The normalized spacial score (nSPS) is 16.4. The Balaban J connectivity index is 1.35. The molecular formula is C22H27N5S. The minimum Gasteiger partial charge on any atom is -0.400 e. The zero-order valence-electron chi connectivity index (χ0n) is 16.2. The number of anilines is 2. The number of rotatable bonds is 6. The molecule has 0 saturated carbocycles. The van der Waals surface area contributed by atoms with Gasteiger partial charge in [0.25, 0.3) is 0 Å². The Hall–Kier alpha value is -2.57. The van der Waals surface area contributed by atoms with Gasteiger partial charge in [-0.3, -0.25) is 4.90 Å². The molecule has 0 aliphatic carbocycles. The number of fused-ring (bicyclic) bond motifs is 1. The molecule has 3 aromatic rings. The number of piperidine rings is 1. The number of hydrogen-bond acceptors (Lipinski definition) is 6. The molecule has 2 aromatic carbocycles. The van der Waals surface area contributed by atoms with Crippen LogP contribution in [0.1, 0.15) is 24.3 Å². The van der Waals surface area contributed by atoms with Crippen LogP contribution in [-0.2, 0) is 0 Å². The first kappa shape index (κ1) is 18.8. The van der Waals surface area contributed by atoms with Gasteiger partial charge in [0, 0.05) is 31.2 Å². The monoisotopic (exact) mass is 393 g/mol. The summed E-state index contributed by atoms with van der Waals surface area (Å²) in [6, 6.07) is 16.7. The lowest BCUT2D eigenvalue weighted by Crippen LogP contribution is -2.35. The molecule has 6 heteroatoms. The average molecular weight is 394 g/mol. The van der Waals surface area contributed by atoms with E-state index in [1.165, 1.54) is 15.8 Å². The topological polar surface area (TPSA) is 66.2 Å². The zero-order chi connectivity index (χ0) is 19.3. The second kappa shape index (κ2) is 8.63. The van der Waals surface area contributed by atoms with Crippen molar-refractivity contribution in [2.45, 2.75) is 18.8 Å². The lowest BCUT2D eigenvalue weighted by atomic mass is 9.89. The summed E-state index contributed by atoms with van der Waals surface area (Å²) in [6.07, 6.45) is 4.20. The van der Waals surface area contributed by atoms with Crippen LogP contribution in [0.25, 0.3) is 10.2 Å². The quantitative estimate of drug-likeness (QED) is 0.578. The van der Waals surface area contributed by atoms with Gasteiger partial charge < -0.3 is 16.4 Å². The molecule has 2 heterocycles. The fourth-order valence-corrected chi connectivity index (χ4v) is 4.68. The Morgan fingerprint density at radius 3 is 2.71 bits per heavy atom. The third kappa shape index (κ3) is 4.29. The molecule has 0 unspecified atom stereocenters. The number of nitrogens with one attached hydrogen (secondary N) is 2. The molecular weight excluding hydrogens is 366 g/mol. The number of thiazole rings is 1. The van der Waals surface area contributed by atoms with Gasteiger partial charge in [-0.25, -0.2) is 4.98 Å². The summed E-state index contributed by atoms with van der Waals surface area (Å²) in [5.41, 5.74) is 10.7. The van der Waals surface area contributed by atoms with Crippen LogP contribution in [0, 0.1) is 0 Å². The maximum absolute atomic E-state index is 6.23. The predicted molar refractivity (Wildman–Crippen MR) is 120 cm³/mol. The van der Waals surface area contributed by atoms with Gasteiger partial charge >= 0.3 is 0 Å². The van der Waals surface area contributed by atoms with Crippen LogP contribution in [-0.4, -0.2) is 36.6 Å². The standard InChI is InChI=1S/C22H27N5S/c1-24-22-26-21-19(8-5-9-20(21)28-22)16-10-12-27(13-11-16)15-17(23)14-25-18-6-3-2-4-7-18/h2-9,14,16,25H,10-13,15,23H2,1H3,(H,24,26)/b17-14-. The molecule has 1 aliphatic heterocycles. The van der Waals surface area contributed by atoms with Gasteiger partial charge in [-0.15, -0.1) is 0 Å². The van der Waals surface area contributed by atoms with Gasteiger partial charge in [0.1, 0.15) is 0 Å². The van der Waals surface area contributed by atoms with Crippen molar-refractivity contribution in [3.63, 3.8) is 0 Å². The number of para-hydroxylation sites is 2. The largest absolute Gasteiger partial charge is 0.400 e. The molecule has 0 atom stereocenters. The molecule has 5 nitrogen and oxygen atoms in total. The van der Waals surface area contributed by atoms with E-state index in [-0.39, 0.29) is 0 Å². The van der Waals surface area contributed by atoms with Gasteiger partial charge in [-0.05, 0) is 55.6 Å². The van der Waals surface area contributed by atoms with Crippen molar-refractivity contribution in [1.82, 2.24) is 9.88 Å². The van der Waals surface area contributed by atoms with E-state index < -0.39 is 0 Å². The van der Waals surface area contributed by atoms with Crippen molar-refractivity contribution < 1.29 is 0 Å². The van der Waals surface area contributed by atoms with Crippen LogP contribution in [0.2, 0.25) is 0 Å². The molecule has 1 aromatic heterocycles. The maximum Gasteiger partial charge on any atom is 0.183 e. The second-order valence-corrected chi connectivity index (χ2v) is 8.27. The molecule has 0 amide bonds. The molecule has 0 spiro atoms. The van der Waals surface area contributed by atoms with Crippen molar-refractivity contribution >= 4 is 32.4 Å². The van der Waals surface area contributed by atoms with Crippen molar-refractivity contribution in [3.8, 4) is 0 Å². The van der Waals surface area contributed by atoms with Crippen LogP contribution < -0.4 is 16.4 Å². The van der Waals surface area contributed by atoms with Crippen LogP contribution in [0.5, 0.6) is 0 Å². The summed E-state index contributed by atoms with van der Waals surface area (Å²) in [5.74, 6) is 0.569. The van der Waals surface area contributed by atoms with Crippen LogP contribution in [0.15, 0.2) is 60.4 Å². The SMILES string of the molecule is CNc1nc2c(C3CCN(C/C(N)=C/Nc4ccccc4)CC3)cccc2s1. The fraction of sp³-hybridized carbons (Fsp3) is 0.318. The van der Waals surface area contributed by atoms with Crippen molar-refractivity contribution in [2.24, 2.45) is 5.73 Å². The highest BCUT2D eigenvalue weighted by atomic mass is 32.1. The number of hydrogen-bond donors (Lipinski definition) is 3. The van der Waals surface area contributed by atoms with Gasteiger partial charge in [-0.1, -0.05) is 41.7 Å². The summed E-state index contributed by atoms with van der Waals surface area (Å²) in [7, 11) is 1.93. The summed E-state index contributed by atoms with van der Waals surface area (Å²) < 4.78 is 1.27. The first-order valence-electron chi connectivity index (χ1n) is 9.78. The molecule has 1 fully saturated rings. The fourth-order valence-electron chi connectivity index (χ4n) is 3.82. The summed E-state index contributed by atoms with van der Waals surface area (Å²) >= 11 is 1.72. The van der Waals surface area contributed by atoms with Crippen LogP contribution in [0.3, 0.4) is 0 Å². The third-order valence-corrected chi connectivity index (χ3v) is 6.33. The Bertz CT molecular complexity index is 942. The molecule has 1 saturated heterocycles. The Morgan fingerprint density at radius 1 is 1.18 bits per heavy atom. The Kier molecular flexibility index (Phi) is 5.78. The van der Waals surface area contributed by atoms with E-state index in [9.17, 15) is 0 Å². The number of aromatic nitrogens is 1. The van der Waals surface area contributed by atoms with E-state index >= 15 is 0 Å². The highest BCUT2D eigenvalue weighted by molar-refractivity contribution is 7.22. The van der Waals surface area contributed by atoms with E-state index in [0.29, 0.717) is 5.92 Å². The van der Waals surface area contributed by atoms with E-state index in [2.05, 4.69) is 33.7 Å². The lowest BCUT2D eigenvalue weighted by Gasteiger charge is -2.32. The van der Waals surface area contributed by atoms with Crippen LogP contribution >= 0.6 is 11.3 Å². The summed E-state index contributed by atoms with van der Waals surface area (Å²) in [4.78, 5) is 7.22. The highest BCUT2D eigenvalue weighted by Gasteiger charge is 2.23. The van der Waals surface area contributed by atoms with Crippen LogP contribution in [0.4, 0.5) is 10.8 Å². The lowest BCUT2D eigenvalue weighted by molar-refractivity contribution is 0.228. The summed E-state index contributed by atoms with van der Waals surface area (Å²) in [5, 5.41) is 7.43. The predicted octanol–water partition coefficient (Wildman–Crippen LogP) is 4.43. The van der Waals surface area contributed by atoms with Gasteiger partial charge in [0.05, 0.1) is 10.2 Å². The Morgan fingerprint density at radius 2 is 1.96 bits per heavy atom. The van der Waals surface area contributed by atoms with Crippen molar-refractivity contribution in [1.29, 1.82) is 0 Å². The molecule has 4 rings (SSSR count). The Labute approximate surface area is 170 Å². The maximum atomic E-state index is 6.23. The van der Waals surface area contributed by atoms with Crippen molar-refractivity contribution in [3.05, 3.63) is 66.0 Å². The molecule has 28 heavy (non-hydrogen) atoms. The number of benzene rings is 2. The smallest absolute Gasteiger partial charge is 0.183 e. The first-order chi connectivity index (χ1) is 13.7. The average Bonchev–Trinajstić information content (AvgIpc) is 3.17. The highest BCUT2D eigenvalue weighted by Crippen LogP contribution is 2.36. The van der Waals surface area contributed by atoms with E-state index in [1.807, 2.05) is 43.6 Å². The van der Waals surface area contributed by atoms with E-state index in [0.717, 1.165) is 49.0 Å². The van der Waals surface area contributed by atoms with E-state index in [4.69, 9.17) is 10.7 Å². The van der Waals surface area contributed by atoms with E-state index in [1.54, 1.807) is 11.3 Å². The molecule has 1 aliphatic rings. The third-order valence-electron chi connectivity index (χ3n) is 5.30. The molecule has 0 bridgehead atoms. The molecule has 4 N–H and O–H groups in total. The first-order valence-corrected chi connectivity index (χ1v) is 10.6. The minimum atomic E-state index is 0.569. The minimum absolute atomic E-state index is 0.569. The van der Waals surface area contributed by atoms with Gasteiger partial charge in [0.15, 0.2) is 5.13 Å². The number of nitrogens with zero attached hydrogens (tertiary/aromatic N) is 2.